The average Bonchev–Trinajstić information content (AvgIpc) is 2.70. The molecular formula is C19H26FNO. The Kier molecular flexibility index (Phi) is 2.87. The third-order valence-corrected chi connectivity index (χ3v) is 7.67. The fraction of sp³-hybridized carbons (Fsp3) is 0.737. The predicted molar refractivity (Wildman–Crippen MR) is 84.6 cm³/mol. The van der Waals surface area contributed by atoms with Gasteiger partial charge in [0.15, 0.2) is 11.6 Å². The van der Waals surface area contributed by atoms with Gasteiger partial charge in [-0.15, -0.1) is 0 Å². The fourth-order valence-electron chi connectivity index (χ4n) is 6.12. The van der Waals surface area contributed by atoms with Crippen LogP contribution in [0.3, 0.4) is 0 Å². The van der Waals surface area contributed by atoms with E-state index in [9.17, 15) is 9.18 Å². The first-order valence-corrected chi connectivity index (χ1v) is 8.67. The SMILES string of the molecule is C[C@]12C=CC(=O)CC1=CC[C@@H]1[C@H]2CC[C@@]2(C)[C@H]1CCC2(N)F. The standard InChI is InChI=1S/C19H26FNO/c1-17-8-5-13(22)11-12(17)3-4-14-15(17)6-9-18(2)16(14)7-10-19(18,20)21/h3,5,8,14-16H,4,6-7,9-11,21H2,1-2H3/t14-,15-,16+,17+,18+,19?/m1/s1. The van der Waals surface area contributed by atoms with Gasteiger partial charge in [-0.1, -0.05) is 31.6 Å². The Morgan fingerprint density at radius 1 is 1.23 bits per heavy atom. The van der Waals surface area contributed by atoms with E-state index in [-0.39, 0.29) is 16.6 Å². The molecule has 2 nitrogen and oxygen atoms in total. The smallest absolute Gasteiger partial charge is 0.164 e. The van der Waals surface area contributed by atoms with Crippen molar-refractivity contribution >= 4 is 5.78 Å². The van der Waals surface area contributed by atoms with Gasteiger partial charge in [0.1, 0.15) is 0 Å². The third kappa shape index (κ3) is 1.66. The first-order valence-electron chi connectivity index (χ1n) is 8.67. The molecule has 120 valence electrons. The van der Waals surface area contributed by atoms with Crippen LogP contribution in [-0.2, 0) is 4.79 Å². The highest BCUT2D eigenvalue weighted by molar-refractivity contribution is 5.93. The fourth-order valence-corrected chi connectivity index (χ4v) is 6.12. The van der Waals surface area contributed by atoms with E-state index in [1.165, 1.54) is 5.57 Å². The number of hydrogen-bond donors (Lipinski definition) is 1. The predicted octanol–water partition coefficient (Wildman–Crippen LogP) is 3.92. The molecular weight excluding hydrogens is 277 g/mol. The maximum absolute atomic E-state index is 14.9. The summed E-state index contributed by atoms with van der Waals surface area (Å²) in [5.74, 6) is 0.122. The van der Waals surface area contributed by atoms with Gasteiger partial charge in [0.25, 0.3) is 0 Å². The van der Waals surface area contributed by atoms with Gasteiger partial charge >= 0.3 is 0 Å². The minimum atomic E-state index is -1.51. The summed E-state index contributed by atoms with van der Waals surface area (Å²) in [5, 5.41) is 0. The quantitative estimate of drug-likeness (QED) is 0.544. The summed E-state index contributed by atoms with van der Waals surface area (Å²) in [6.07, 6.45) is 11.0. The van der Waals surface area contributed by atoms with E-state index in [1.54, 1.807) is 6.08 Å². The number of fused-ring (bicyclic) bond motifs is 5. The molecule has 0 aromatic carbocycles. The Hall–Kier alpha value is -0.960. The van der Waals surface area contributed by atoms with E-state index in [0.717, 1.165) is 25.7 Å². The molecule has 4 aliphatic carbocycles. The van der Waals surface area contributed by atoms with E-state index in [0.29, 0.717) is 30.6 Å². The van der Waals surface area contributed by atoms with E-state index >= 15 is 0 Å². The van der Waals surface area contributed by atoms with Crippen molar-refractivity contribution in [3.8, 4) is 0 Å². The molecule has 0 spiro atoms. The molecule has 0 heterocycles. The van der Waals surface area contributed by atoms with Gasteiger partial charge in [-0.2, -0.15) is 0 Å². The molecule has 22 heavy (non-hydrogen) atoms. The summed E-state index contributed by atoms with van der Waals surface area (Å²) < 4.78 is 14.9. The molecule has 6 atom stereocenters. The second-order valence-electron chi connectivity index (χ2n) is 8.46. The molecule has 4 aliphatic rings. The van der Waals surface area contributed by atoms with Crippen molar-refractivity contribution in [3.05, 3.63) is 23.8 Å². The first kappa shape index (κ1) is 14.6. The van der Waals surface area contributed by atoms with Crippen molar-refractivity contribution in [1.29, 1.82) is 0 Å². The van der Waals surface area contributed by atoms with Crippen molar-refractivity contribution in [2.45, 2.75) is 58.2 Å². The number of allylic oxidation sites excluding steroid dienone is 4. The molecule has 0 radical (unpaired) electrons. The maximum atomic E-state index is 14.9. The molecule has 1 unspecified atom stereocenters. The van der Waals surface area contributed by atoms with Crippen LogP contribution in [0.25, 0.3) is 0 Å². The number of alkyl halides is 1. The second kappa shape index (κ2) is 4.31. The molecule has 2 N–H and O–H groups in total. The zero-order valence-corrected chi connectivity index (χ0v) is 13.6. The van der Waals surface area contributed by atoms with Gasteiger partial charge in [-0.25, -0.2) is 4.39 Å². The zero-order valence-electron chi connectivity index (χ0n) is 13.6. The average molecular weight is 303 g/mol. The largest absolute Gasteiger partial charge is 0.299 e. The summed E-state index contributed by atoms with van der Waals surface area (Å²) in [5.41, 5.74) is 6.95. The van der Waals surface area contributed by atoms with Crippen LogP contribution in [0, 0.1) is 28.6 Å². The molecule has 3 heteroatoms. The lowest BCUT2D eigenvalue weighted by Gasteiger charge is -2.56. The molecule has 0 aliphatic heterocycles. The van der Waals surface area contributed by atoms with Crippen molar-refractivity contribution in [1.82, 2.24) is 0 Å². The number of nitrogens with two attached hydrogens (primary N) is 1. The van der Waals surface area contributed by atoms with E-state index in [1.807, 2.05) is 0 Å². The lowest BCUT2D eigenvalue weighted by Crippen LogP contribution is -2.55. The van der Waals surface area contributed by atoms with Gasteiger partial charge in [0.05, 0.1) is 0 Å². The first-order chi connectivity index (χ1) is 10.3. The second-order valence-corrected chi connectivity index (χ2v) is 8.46. The molecule has 2 fully saturated rings. The highest BCUT2D eigenvalue weighted by atomic mass is 19.1. The molecule has 0 bridgehead atoms. The van der Waals surface area contributed by atoms with Crippen LogP contribution in [0.4, 0.5) is 4.39 Å². The summed E-state index contributed by atoms with van der Waals surface area (Å²) in [7, 11) is 0. The molecule has 4 rings (SSSR count). The van der Waals surface area contributed by atoms with Crippen LogP contribution >= 0.6 is 0 Å². The zero-order chi connectivity index (χ0) is 15.8. The number of halogens is 1. The number of ketones is 1. The number of rotatable bonds is 0. The van der Waals surface area contributed by atoms with Gasteiger partial charge in [0, 0.05) is 17.3 Å². The summed E-state index contributed by atoms with van der Waals surface area (Å²) >= 11 is 0. The van der Waals surface area contributed by atoms with E-state index < -0.39 is 5.79 Å². The van der Waals surface area contributed by atoms with Crippen molar-refractivity contribution < 1.29 is 9.18 Å². The maximum Gasteiger partial charge on any atom is 0.164 e. The normalized spacial score (nSPS) is 53.5. The molecule has 0 aromatic rings. The Bertz CT molecular complexity index is 592. The van der Waals surface area contributed by atoms with Crippen molar-refractivity contribution in [2.75, 3.05) is 0 Å². The van der Waals surface area contributed by atoms with E-state index in [4.69, 9.17) is 5.73 Å². The lowest BCUT2D eigenvalue weighted by molar-refractivity contribution is -0.115. The summed E-state index contributed by atoms with van der Waals surface area (Å²) in [6.45, 7) is 4.35. The number of hydrogen-bond acceptors (Lipinski definition) is 2. The number of carbonyl (C=O) groups is 1. The molecule has 2 saturated carbocycles. The van der Waals surface area contributed by atoms with Crippen LogP contribution in [-0.4, -0.2) is 11.6 Å². The van der Waals surface area contributed by atoms with Crippen LogP contribution < -0.4 is 5.73 Å². The Labute approximate surface area is 132 Å². The highest BCUT2D eigenvalue weighted by Crippen LogP contribution is 2.66. The Morgan fingerprint density at radius 2 is 1.95 bits per heavy atom. The van der Waals surface area contributed by atoms with Crippen LogP contribution in [0.2, 0.25) is 0 Å². The van der Waals surface area contributed by atoms with Gasteiger partial charge in [-0.05, 0) is 55.9 Å². The van der Waals surface area contributed by atoms with Gasteiger partial charge in [-0.3, -0.25) is 10.5 Å². The van der Waals surface area contributed by atoms with Crippen LogP contribution in [0.5, 0.6) is 0 Å². The van der Waals surface area contributed by atoms with Gasteiger partial charge < -0.3 is 0 Å². The highest BCUT2D eigenvalue weighted by Gasteiger charge is 2.63. The van der Waals surface area contributed by atoms with Gasteiger partial charge in [0.2, 0.25) is 0 Å². The minimum absolute atomic E-state index is 0.00564. The van der Waals surface area contributed by atoms with Crippen molar-refractivity contribution in [2.24, 2.45) is 34.3 Å². The lowest BCUT2D eigenvalue weighted by atomic mass is 9.49. The van der Waals surface area contributed by atoms with Crippen LogP contribution in [0.15, 0.2) is 23.8 Å². The topological polar surface area (TPSA) is 43.1 Å². The Balaban J connectivity index is 1.73. The van der Waals surface area contributed by atoms with E-state index in [2.05, 4.69) is 26.0 Å². The van der Waals surface area contributed by atoms with Crippen LogP contribution in [0.1, 0.15) is 52.4 Å². The Morgan fingerprint density at radius 3 is 2.73 bits per heavy atom. The monoisotopic (exact) mass is 303 g/mol. The van der Waals surface area contributed by atoms with Crippen molar-refractivity contribution in [3.63, 3.8) is 0 Å². The molecule has 0 amide bonds. The molecule has 0 saturated heterocycles. The minimum Gasteiger partial charge on any atom is -0.299 e. The molecule has 0 aromatic heterocycles. The summed E-state index contributed by atoms with van der Waals surface area (Å²) in [4.78, 5) is 11.7. The number of carbonyl (C=O) groups excluding carboxylic acids is 1. The summed E-state index contributed by atoms with van der Waals surface area (Å²) in [6, 6.07) is 0. The third-order valence-electron chi connectivity index (χ3n) is 7.67.